The molecule has 0 saturated heterocycles. The van der Waals surface area contributed by atoms with Crippen LogP contribution in [0.15, 0.2) is 126 Å². The van der Waals surface area contributed by atoms with Gasteiger partial charge in [-0.2, -0.15) is 0 Å². The smallest absolute Gasteiger partial charge is 0.230 e. The molecule has 0 bridgehead atoms. The van der Waals surface area contributed by atoms with E-state index in [0.29, 0.717) is 22.6 Å². The first-order valence-corrected chi connectivity index (χ1v) is 16.8. The molecular formula is C45H41N2O2Pt-. The van der Waals surface area contributed by atoms with Crippen molar-refractivity contribution >= 4 is 11.1 Å². The molecule has 0 fully saturated rings. The number of benzene rings is 5. The Morgan fingerprint density at radius 3 is 2.06 bits per heavy atom. The van der Waals surface area contributed by atoms with Crippen LogP contribution in [-0.4, -0.2) is 15.1 Å². The maximum absolute atomic E-state index is 11.6. The zero-order chi connectivity index (χ0) is 34.3. The zero-order valence-corrected chi connectivity index (χ0v) is 31.6. The van der Waals surface area contributed by atoms with Crippen LogP contribution in [0, 0.1) is 6.07 Å². The molecule has 7 aromatic rings. The van der Waals surface area contributed by atoms with Crippen molar-refractivity contribution in [2.45, 2.75) is 58.8 Å². The Kier molecular flexibility index (Phi) is 9.71. The fourth-order valence-corrected chi connectivity index (χ4v) is 6.30. The molecule has 50 heavy (non-hydrogen) atoms. The van der Waals surface area contributed by atoms with Gasteiger partial charge in [0.25, 0.3) is 0 Å². The number of fused-ring (bicyclic) bond motifs is 1. The number of para-hydroxylation sites is 1. The van der Waals surface area contributed by atoms with Gasteiger partial charge in [0, 0.05) is 38.5 Å². The van der Waals surface area contributed by atoms with Crippen LogP contribution >= 0.6 is 0 Å². The van der Waals surface area contributed by atoms with Crippen molar-refractivity contribution in [1.82, 2.24) is 9.97 Å². The second kappa shape index (κ2) is 13.8. The molecule has 2 aromatic heterocycles. The summed E-state index contributed by atoms with van der Waals surface area (Å²) >= 11 is 0. The molecule has 0 aliphatic carbocycles. The third-order valence-corrected chi connectivity index (χ3v) is 9.05. The van der Waals surface area contributed by atoms with Gasteiger partial charge >= 0.3 is 0 Å². The summed E-state index contributed by atoms with van der Waals surface area (Å²) in [6.45, 7) is 12.9. The largest absolute Gasteiger partial charge is 0.507 e. The van der Waals surface area contributed by atoms with E-state index in [0.717, 1.165) is 51.1 Å². The van der Waals surface area contributed by atoms with Crippen LogP contribution in [0.3, 0.4) is 0 Å². The molecule has 0 spiro atoms. The first-order chi connectivity index (χ1) is 23.4. The van der Waals surface area contributed by atoms with Crippen molar-refractivity contribution in [3.05, 3.63) is 150 Å². The second-order valence-corrected chi connectivity index (χ2v) is 14.9. The molecule has 0 aliphatic rings. The molecule has 0 radical (unpaired) electrons. The summed E-state index contributed by atoms with van der Waals surface area (Å²) in [6.07, 6.45) is 2.70. The van der Waals surface area contributed by atoms with Crippen LogP contribution in [-0.2, 0) is 38.3 Å². The number of phenolic OH excluding ortho intramolecular Hbond substituents is 1. The summed E-state index contributed by atoms with van der Waals surface area (Å²) in [5, 5.41) is 11.6. The molecule has 0 amide bonds. The molecule has 0 aliphatic heterocycles. The van der Waals surface area contributed by atoms with E-state index in [2.05, 4.69) is 133 Å². The van der Waals surface area contributed by atoms with Crippen LogP contribution < -0.4 is 0 Å². The van der Waals surface area contributed by atoms with Crippen LogP contribution in [0.4, 0.5) is 0 Å². The monoisotopic (exact) mass is 836 g/mol. The molecular weight excluding hydrogens is 796 g/mol. The number of hydrogen-bond acceptors (Lipinski definition) is 4. The van der Waals surface area contributed by atoms with Gasteiger partial charge in [0.1, 0.15) is 11.3 Å². The van der Waals surface area contributed by atoms with Crippen LogP contribution in [0.2, 0.25) is 0 Å². The van der Waals surface area contributed by atoms with Gasteiger partial charge in [-0.3, -0.25) is 4.98 Å². The Balaban J connectivity index is 0.00000432. The number of nitrogens with zero attached hydrogens (tertiary/aromatic N) is 2. The summed E-state index contributed by atoms with van der Waals surface area (Å²) in [5.41, 5.74) is 11.7. The van der Waals surface area contributed by atoms with Gasteiger partial charge in [0.15, 0.2) is 0 Å². The van der Waals surface area contributed by atoms with Gasteiger partial charge < -0.3 is 9.52 Å². The number of pyridine rings is 1. The number of phenols is 1. The Morgan fingerprint density at radius 1 is 0.660 bits per heavy atom. The quantitative estimate of drug-likeness (QED) is 0.170. The molecule has 5 aromatic carbocycles. The van der Waals surface area contributed by atoms with Gasteiger partial charge in [0.2, 0.25) is 5.89 Å². The first-order valence-electron chi connectivity index (χ1n) is 16.8. The van der Waals surface area contributed by atoms with E-state index in [9.17, 15) is 5.11 Å². The standard InChI is InChI=1S/C45H41N2O2.Pt/c1-44(2,3)35-27-37(42(48)38(28-35)45(4,5)6)43-47-41-36(18-13-19-40(41)49-43)33-24-32(31-16-11-8-12-17-31)25-34(26-33)39-23-30(20-21-46-39)22-29-14-9-7-10-15-29;/h7-21,23-25,27-28,48H,22H2,1-6H3;/q-1;. The summed E-state index contributed by atoms with van der Waals surface area (Å²) in [6, 6.07) is 43.2. The molecule has 0 atom stereocenters. The molecule has 2 heterocycles. The van der Waals surface area contributed by atoms with E-state index >= 15 is 0 Å². The number of aromatic hydroxyl groups is 1. The summed E-state index contributed by atoms with van der Waals surface area (Å²) < 4.78 is 6.44. The first kappa shape index (κ1) is 35.0. The van der Waals surface area contributed by atoms with Crippen LogP contribution in [0.25, 0.3) is 56.1 Å². The van der Waals surface area contributed by atoms with Crippen molar-refractivity contribution in [1.29, 1.82) is 0 Å². The van der Waals surface area contributed by atoms with Gasteiger partial charge in [0.05, 0.1) is 11.1 Å². The third kappa shape index (κ3) is 7.23. The average Bonchev–Trinajstić information content (AvgIpc) is 3.53. The molecule has 5 heteroatoms. The minimum atomic E-state index is -0.271. The fourth-order valence-electron chi connectivity index (χ4n) is 6.30. The number of rotatable bonds is 6. The molecule has 254 valence electrons. The molecule has 7 rings (SSSR count). The summed E-state index contributed by atoms with van der Waals surface area (Å²) in [4.78, 5) is 9.87. The van der Waals surface area contributed by atoms with E-state index in [1.165, 1.54) is 11.1 Å². The molecule has 1 N–H and O–H groups in total. The second-order valence-electron chi connectivity index (χ2n) is 14.9. The summed E-state index contributed by atoms with van der Waals surface area (Å²) in [7, 11) is 0. The van der Waals surface area contributed by atoms with E-state index < -0.39 is 0 Å². The Hall–Kier alpha value is -4.79. The van der Waals surface area contributed by atoms with E-state index in [-0.39, 0.29) is 37.6 Å². The third-order valence-electron chi connectivity index (χ3n) is 9.05. The minimum absolute atomic E-state index is 0. The topological polar surface area (TPSA) is 59.2 Å². The normalized spacial score (nSPS) is 11.8. The fraction of sp³-hybridized carbons (Fsp3) is 0.200. The molecule has 0 saturated carbocycles. The summed E-state index contributed by atoms with van der Waals surface area (Å²) in [5.74, 6) is 0.598. The van der Waals surface area contributed by atoms with Crippen molar-refractivity contribution in [3.63, 3.8) is 0 Å². The maximum atomic E-state index is 11.6. The van der Waals surface area contributed by atoms with Gasteiger partial charge in [-0.1, -0.05) is 143 Å². The van der Waals surface area contributed by atoms with E-state index in [1.54, 1.807) is 0 Å². The van der Waals surface area contributed by atoms with Crippen molar-refractivity contribution in [3.8, 4) is 50.7 Å². The Bertz CT molecular complexity index is 2280. The van der Waals surface area contributed by atoms with Crippen LogP contribution in [0.5, 0.6) is 5.75 Å². The zero-order valence-electron chi connectivity index (χ0n) is 29.3. The van der Waals surface area contributed by atoms with Gasteiger partial charge in [-0.15, -0.1) is 23.8 Å². The minimum Gasteiger partial charge on any atom is -0.507 e. The van der Waals surface area contributed by atoms with Gasteiger partial charge in [-0.05, 0) is 57.7 Å². The van der Waals surface area contributed by atoms with Gasteiger partial charge in [-0.25, -0.2) is 4.98 Å². The molecule has 4 nitrogen and oxygen atoms in total. The predicted molar refractivity (Wildman–Crippen MR) is 201 cm³/mol. The number of aromatic nitrogens is 2. The van der Waals surface area contributed by atoms with E-state index in [1.807, 2.05) is 36.5 Å². The SMILES string of the molecule is CC(C)(C)c1cc(-c2nc3c(-c4[c-]c(-c5cc(Cc6ccccc6)ccn5)cc(-c5ccccc5)c4)cccc3o2)c(O)c(C(C)(C)C)c1.[Pt]. The molecule has 0 unspecified atom stereocenters. The Labute approximate surface area is 309 Å². The van der Waals surface area contributed by atoms with E-state index in [4.69, 9.17) is 14.4 Å². The van der Waals surface area contributed by atoms with Crippen LogP contribution in [0.1, 0.15) is 63.8 Å². The van der Waals surface area contributed by atoms with Crippen molar-refractivity contribution in [2.75, 3.05) is 0 Å². The Morgan fingerprint density at radius 2 is 1.36 bits per heavy atom. The van der Waals surface area contributed by atoms with Crippen molar-refractivity contribution < 1.29 is 30.6 Å². The number of oxazole rings is 1. The van der Waals surface area contributed by atoms with Crippen molar-refractivity contribution in [2.24, 2.45) is 0 Å². The predicted octanol–water partition coefficient (Wildman–Crippen LogP) is 11.6. The maximum Gasteiger partial charge on any atom is 0.230 e. The number of hydrogen-bond donors (Lipinski definition) is 1. The average molecular weight is 837 g/mol.